The predicted octanol–water partition coefficient (Wildman–Crippen LogP) is -1.79. The van der Waals surface area contributed by atoms with Gasteiger partial charge in [0.05, 0.1) is 13.2 Å². The van der Waals surface area contributed by atoms with E-state index < -0.39 is 6.10 Å². The number of hydrogen-bond acceptors (Lipinski definition) is 4. The van der Waals surface area contributed by atoms with Gasteiger partial charge in [0.2, 0.25) is 0 Å². The molecule has 0 aromatic carbocycles. The van der Waals surface area contributed by atoms with Crippen LogP contribution in [0.1, 0.15) is 0 Å². The third-order valence-electron chi connectivity index (χ3n) is 0.421. The monoisotopic (exact) mass is 156 g/mol. The zero-order valence-corrected chi connectivity index (χ0v) is 5.80. The van der Waals surface area contributed by atoms with Gasteiger partial charge in [-0.15, -0.1) is 0 Å². The second kappa shape index (κ2) is 10.4. The van der Waals surface area contributed by atoms with E-state index in [0.717, 1.165) is 20.4 Å². The zero-order valence-electron chi connectivity index (χ0n) is 4.24. The first-order valence-electron chi connectivity index (χ1n) is 1.91. The van der Waals surface area contributed by atoms with Gasteiger partial charge in [0, 0.05) is 0 Å². The number of rotatable bonds is 2. The van der Waals surface area contributed by atoms with E-state index in [-0.39, 0.29) is 13.2 Å². The molecule has 0 rings (SSSR count). The van der Waals surface area contributed by atoms with Crippen LogP contribution in [0.5, 0.6) is 0 Å². The van der Waals surface area contributed by atoms with Gasteiger partial charge in [-0.2, -0.15) is 0 Å². The molecular formula is C3H8O4Ti. The fourth-order valence-electron chi connectivity index (χ4n) is 0.0577. The molecule has 0 aliphatic carbocycles. The number of aliphatic hydroxyl groups excluding tert-OH is 3. The van der Waals surface area contributed by atoms with Crippen LogP contribution in [-0.2, 0) is 23.7 Å². The molecule has 0 radical (unpaired) electrons. The van der Waals surface area contributed by atoms with Crippen molar-refractivity contribution < 1.29 is 39.0 Å². The Labute approximate surface area is 58.9 Å². The van der Waals surface area contributed by atoms with Crippen molar-refractivity contribution in [3.63, 3.8) is 0 Å². The van der Waals surface area contributed by atoms with Gasteiger partial charge in [-0.25, -0.2) is 0 Å². The fourth-order valence-corrected chi connectivity index (χ4v) is 0.0577. The Hall–Kier alpha value is 0.394. The van der Waals surface area contributed by atoms with Gasteiger partial charge in [0.1, 0.15) is 6.10 Å². The number of hydrogen-bond donors (Lipinski definition) is 3. The van der Waals surface area contributed by atoms with Crippen LogP contribution in [0.25, 0.3) is 0 Å². The Balaban J connectivity index is 0. The zero-order chi connectivity index (χ0) is 6.99. The summed E-state index contributed by atoms with van der Waals surface area (Å²) in [7, 11) is 0. The molecule has 0 saturated carbocycles. The molecule has 48 valence electrons. The minimum absolute atomic E-state index is 0.365. The van der Waals surface area contributed by atoms with E-state index in [2.05, 4.69) is 0 Å². The third kappa shape index (κ3) is 9.64. The Morgan fingerprint density at radius 3 is 1.50 bits per heavy atom. The van der Waals surface area contributed by atoms with Crippen molar-refractivity contribution in [2.24, 2.45) is 0 Å². The molecule has 0 fully saturated rings. The Morgan fingerprint density at radius 1 is 1.25 bits per heavy atom. The van der Waals surface area contributed by atoms with E-state index in [1.807, 2.05) is 0 Å². The molecule has 0 atom stereocenters. The topological polar surface area (TPSA) is 77.8 Å². The molecule has 0 unspecified atom stereocenters. The van der Waals surface area contributed by atoms with Crippen molar-refractivity contribution in [2.45, 2.75) is 6.10 Å². The average Bonchev–Trinajstić information content (AvgIpc) is 1.91. The van der Waals surface area contributed by atoms with Gasteiger partial charge < -0.3 is 15.3 Å². The minimum atomic E-state index is -0.954. The summed E-state index contributed by atoms with van der Waals surface area (Å²) in [5, 5.41) is 24.0. The molecule has 3 N–H and O–H groups in total. The van der Waals surface area contributed by atoms with Crippen LogP contribution < -0.4 is 0 Å². The van der Waals surface area contributed by atoms with Crippen LogP contribution in [0.3, 0.4) is 0 Å². The first kappa shape index (κ1) is 11.2. The standard InChI is InChI=1S/C3H8O3.O.Ti/c4-1-3(6)2-5;;/h3-6H,1-2H2;;. The second-order valence-electron chi connectivity index (χ2n) is 1.02. The first-order chi connectivity index (χ1) is 3.81. The Morgan fingerprint density at radius 2 is 1.50 bits per heavy atom. The summed E-state index contributed by atoms with van der Waals surface area (Å²) in [4.78, 5) is 0. The fraction of sp³-hybridized carbons (Fsp3) is 1.00. The van der Waals surface area contributed by atoms with E-state index in [1.165, 1.54) is 0 Å². The van der Waals surface area contributed by atoms with E-state index in [4.69, 9.17) is 18.6 Å². The van der Waals surface area contributed by atoms with Gasteiger partial charge in [0.15, 0.2) is 0 Å². The van der Waals surface area contributed by atoms with Crippen molar-refractivity contribution in [1.82, 2.24) is 0 Å². The van der Waals surface area contributed by atoms with Crippen LogP contribution >= 0.6 is 0 Å². The van der Waals surface area contributed by atoms with Crippen molar-refractivity contribution in [2.75, 3.05) is 13.2 Å². The van der Waals surface area contributed by atoms with Crippen LogP contribution in [0, 0.1) is 0 Å². The molecule has 0 saturated heterocycles. The van der Waals surface area contributed by atoms with Crippen molar-refractivity contribution in [1.29, 1.82) is 0 Å². The first-order valence-corrected chi connectivity index (χ1v) is 2.55. The van der Waals surface area contributed by atoms with Crippen molar-refractivity contribution in [3.05, 3.63) is 0 Å². The molecule has 0 aromatic heterocycles. The molecule has 0 bridgehead atoms. The third-order valence-corrected chi connectivity index (χ3v) is 0.421. The second-order valence-corrected chi connectivity index (χ2v) is 1.02. The van der Waals surface area contributed by atoms with Crippen LogP contribution in [-0.4, -0.2) is 34.6 Å². The summed E-state index contributed by atoms with van der Waals surface area (Å²) < 4.78 is 8.25. The maximum atomic E-state index is 8.25. The van der Waals surface area contributed by atoms with Crippen LogP contribution in [0.4, 0.5) is 0 Å². The Kier molecular flexibility index (Phi) is 14.6. The molecule has 8 heavy (non-hydrogen) atoms. The van der Waals surface area contributed by atoms with E-state index >= 15 is 0 Å². The van der Waals surface area contributed by atoms with Crippen LogP contribution in [0.15, 0.2) is 0 Å². The van der Waals surface area contributed by atoms with Crippen molar-refractivity contribution >= 4 is 0 Å². The average molecular weight is 156 g/mol. The van der Waals surface area contributed by atoms with Gasteiger partial charge in [-0.3, -0.25) is 0 Å². The summed E-state index contributed by atoms with van der Waals surface area (Å²) in [5.74, 6) is 0. The van der Waals surface area contributed by atoms with E-state index in [9.17, 15) is 0 Å². The number of aliphatic hydroxyl groups is 3. The maximum absolute atomic E-state index is 8.25. The van der Waals surface area contributed by atoms with Crippen molar-refractivity contribution in [3.8, 4) is 0 Å². The van der Waals surface area contributed by atoms with Gasteiger partial charge in [0.25, 0.3) is 0 Å². The van der Waals surface area contributed by atoms with Crippen LogP contribution in [0.2, 0.25) is 0 Å². The molecule has 0 spiro atoms. The summed E-state index contributed by atoms with van der Waals surface area (Å²) in [6.07, 6.45) is -0.954. The predicted molar refractivity (Wildman–Crippen MR) is 20.9 cm³/mol. The summed E-state index contributed by atoms with van der Waals surface area (Å²) in [6, 6.07) is 0. The Bertz CT molecular complexity index is 38.3. The SMILES string of the molecule is OCC(O)CO.[O]=[Ti]. The molecule has 0 aliphatic heterocycles. The summed E-state index contributed by atoms with van der Waals surface area (Å²) in [5.41, 5.74) is 0. The molecule has 5 heteroatoms. The van der Waals surface area contributed by atoms with E-state index in [0.29, 0.717) is 0 Å². The molecule has 4 nitrogen and oxygen atoms in total. The quantitative estimate of drug-likeness (QED) is 0.412. The summed E-state index contributed by atoms with van der Waals surface area (Å²) >= 11 is 0.750. The van der Waals surface area contributed by atoms with Gasteiger partial charge >= 0.3 is 23.7 Å². The summed E-state index contributed by atoms with van der Waals surface area (Å²) in [6.45, 7) is -0.729. The van der Waals surface area contributed by atoms with Gasteiger partial charge in [-0.05, 0) is 0 Å². The normalized spacial score (nSPS) is 7.88. The molecule has 0 heterocycles. The molecule has 0 aliphatic rings. The molecule has 0 aromatic rings. The van der Waals surface area contributed by atoms with Gasteiger partial charge in [-0.1, -0.05) is 0 Å². The molecule has 0 amide bonds. The van der Waals surface area contributed by atoms with E-state index in [1.54, 1.807) is 0 Å². The molecular weight excluding hydrogens is 148 g/mol.